The topological polar surface area (TPSA) is 361 Å². The molecule has 0 bridgehead atoms. The number of aliphatic hydroxyl groups is 12. The van der Waals surface area contributed by atoms with Gasteiger partial charge in [0.2, 0.25) is 0 Å². The van der Waals surface area contributed by atoms with E-state index in [2.05, 4.69) is 40.7 Å². The van der Waals surface area contributed by atoms with Crippen LogP contribution < -0.4 is 0 Å². The number of hydrogen-bond acceptors (Lipinski definition) is 24. The van der Waals surface area contributed by atoms with Crippen LogP contribution in [0.4, 0.5) is 0 Å². The molecule has 5 saturated heterocycles. The van der Waals surface area contributed by atoms with Gasteiger partial charge >= 0.3 is 0 Å². The van der Waals surface area contributed by atoms with E-state index < -0.39 is 173 Å². The summed E-state index contributed by atoms with van der Waals surface area (Å²) >= 11 is 0. The summed E-state index contributed by atoms with van der Waals surface area (Å²) in [6.07, 6.45) is -29.5. The molecule has 0 aromatic carbocycles. The van der Waals surface area contributed by atoms with Crippen molar-refractivity contribution >= 4 is 5.78 Å². The molecular weight excluding hydrogens is 1020 g/mol. The highest BCUT2D eigenvalue weighted by Crippen LogP contribution is 2.72. The minimum absolute atomic E-state index is 0.0165. The predicted molar refractivity (Wildman–Crippen MR) is 260 cm³/mol. The van der Waals surface area contributed by atoms with E-state index in [0.29, 0.717) is 12.3 Å². The van der Waals surface area contributed by atoms with Gasteiger partial charge in [-0.1, -0.05) is 46.3 Å². The van der Waals surface area contributed by atoms with Gasteiger partial charge in [-0.05, 0) is 92.3 Å². The van der Waals surface area contributed by atoms with Gasteiger partial charge in [0, 0.05) is 13.0 Å². The summed E-state index contributed by atoms with van der Waals surface area (Å²) in [4.78, 5) is 12.9. The van der Waals surface area contributed by atoms with Crippen molar-refractivity contribution in [2.24, 2.45) is 39.4 Å². The smallest absolute Gasteiger partial charge is 0.187 e. The van der Waals surface area contributed by atoms with E-state index >= 15 is 0 Å². The van der Waals surface area contributed by atoms with Gasteiger partial charge in [0.1, 0.15) is 110 Å². The zero-order chi connectivity index (χ0) is 56.0. The molecule has 4 aliphatic carbocycles. The summed E-state index contributed by atoms with van der Waals surface area (Å²) in [5.41, 5.74) is 0.716. The summed E-state index contributed by atoms with van der Waals surface area (Å²) < 4.78 is 66.2. The molecule has 12 N–H and O–H groups in total. The van der Waals surface area contributed by atoms with Crippen LogP contribution in [0.2, 0.25) is 0 Å². The number of allylic oxidation sites excluding steroid dienone is 2. The van der Waals surface area contributed by atoms with E-state index in [4.69, 9.17) is 52.1 Å². The van der Waals surface area contributed by atoms with Gasteiger partial charge in [0.05, 0.1) is 38.6 Å². The lowest BCUT2D eigenvalue weighted by molar-refractivity contribution is -0.403. The molecule has 5 aliphatic heterocycles. The van der Waals surface area contributed by atoms with E-state index in [-0.39, 0.29) is 40.5 Å². The second-order valence-electron chi connectivity index (χ2n) is 24.7. The zero-order valence-electron chi connectivity index (χ0n) is 45.2. The molecular formula is C53H86O24. The average Bonchev–Trinajstić information content (AvgIpc) is 3.98. The number of methoxy groups -OCH3 is 1. The van der Waals surface area contributed by atoms with E-state index in [9.17, 15) is 66.1 Å². The normalized spacial score (nSPS) is 53.9. The number of rotatable bonds is 14. The maximum atomic E-state index is 12.9. The molecule has 0 aromatic heterocycles. The summed E-state index contributed by atoms with van der Waals surface area (Å²) in [7, 11) is 1.19. The molecule has 3 saturated carbocycles. The molecule has 9 rings (SSSR count). The van der Waals surface area contributed by atoms with Crippen LogP contribution in [0.3, 0.4) is 0 Å². The van der Waals surface area contributed by atoms with Crippen LogP contribution in [0.5, 0.6) is 0 Å². The van der Waals surface area contributed by atoms with Crippen molar-refractivity contribution in [2.45, 2.75) is 241 Å². The van der Waals surface area contributed by atoms with Crippen LogP contribution in [-0.4, -0.2) is 248 Å². The molecule has 77 heavy (non-hydrogen) atoms. The van der Waals surface area contributed by atoms with Crippen LogP contribution in [0.1, 0.15) is 93.4 Å². The number of aliphatic hydroxyl groups excluding tert-OH is 12. The van der Waals surface area contributed by atoms with Gasteiger partial charge < -0.3 is 113 Å². The van der Waals surface area contributed by atoms with Crippen molar-refractivity contribution in [1.29, 1.82) is 0 Å². The number of Topliss-reactive ketones (excluding diaryl/α,β-unsaturated/α-hetero) is 1. The Hall–Kier alpha value is -1.51. The van der Waals surface area contributed by atoms with Crippen molar-refractivity contribution in [2.75, 3.05) is 33.5 Å². The summed E-state index contributed by atoms with van der Waals surface area (Å²) in [5.74, 6) is 0.811. The Bertz CT molecular complexity index is 2070. The van der Waals surface area contributed by atoms with Crippen molar-refractivity contribution in [3.05, 3.63) is 11.6 Å². The monoisotopic (exact) mass is 1110 g/mol. The van der Waals surface area contributed by atoms with Crippen LogP contribution in [0.25, 0.3) is 0 Å². The number of ketones is 1. The first-order valence-electron chi connectivity index (χ1n) is 27.5. The Labute approximate surface area is 448 Å². The standard InChI is InChI=1S/C53H86O24/c1-21(56)23-11-15-53(7)25-9-10-30-50(3,4)31(13-14-51(30,5)24(25)12-16-52(23,53)6)73-48-43(33(60)27(58)20-69-48)77-49-44(76-45-36(63)32(59)26(57)19-68-45)37(64)40(22(2)70-49)74-47-39(66)42(35(62)29(18-55)72-47)75-46-38(65)41(67-8)34(61)28(17-54)71-46/h12,22-23,25-49,54-55,57-66H,9-11,13-20H2,1-8H3/t22-,23-,25-,26-,27-,28-,29-,30+,31+,32+,33+,34-,35-,36-,37+,38-,39-,40-,41+,42+,43-,44-,45+,46+,47+,48+,49+,51-,52-,53+/m1/s1. The van der Waals surface area contributed by atoms with Gasteiger partial charge in [-0.15, -0.1) is 0 Å². The van der Waals surface area contributed by atoms with E-state index in [1.165, 1.54) is 19.6 Å². The van der Waals surface area contributed by atoms with Gasteiger partial charge in [0.25, 0.3) is 0 Å². The predicted octanol–water partition coefficient (Wildman–Crippen LogP) is -2.38. The number of hydrogen-bond donors (Lipinski definition) is 12. The molecule has 442 valence electrons. The lowest BCUT2D eigenvalue weighted by Crippen LogP contribution is -2.68. The molecule has 30 atom stereocenters. The fraction of sp³-hybridized carbons (Fsp3) is 0.943. The maximum Gasteiger partial charge on any atom is 0.187 e. The SMILES string of the molecule is CO[C@@H]1[C@@H](O)[C@H](O[C@@H]2[C@@H](O)[C@H](O[C@H]3[C@H](O)[C@@H](O[C@@H]4OC[C@@H](O)[C@H](O)[C@H]4O)[C@H](O[C@H]4[C@H](O[C@H]5CC[C@]6(C)C7=CC[C@]8(C)[C@@H](C(C)=O)CC[C@@]8(C)[C@@H]7CC[C@H]6C5(C)C)OC[C@@H](O)[C@@H]4O)O[C@@H]3C)O[C@H](CO)[C@H]2O)O[C@H](CO)[C@H]1O. The fourth-order valence-electron chi connectivity index (χ4n) is 15.5. The Morgan fingerprint density at radius 3 is 1.75 bits per heavy atom. The third-order valence-electron chi connectivity index (χ3n) is 20.3. The highest BCUT2D eigenvalue weighted by atomic mass is 16.8. The first kappa shape index (κ1) is 60.1. The van der Waals surface area contributed by atoms with Crippen LogP contribution in [0, 0.1) is 39.4 Å². The number of fused-ring (bicyclic) bond motifs is 5. The lowest BCUT2D eigenvalue weighted by Gasteiger charge is -2.64. The molecule has 9 aliphatic rings. The van der Waals surface area contributed by atoms with Crippen LogP contribution in [0.15, 0.2) is 11.6 Å². The summed E-state index contributed by atoms with van der Waals surface area (Å²) in [6.45, 7) is 12.2. The molecule has 8 fully saturated rings. The van der Waals surface area contributed by atoms with E-state index in [0.717, 1.165) is 38.5 Å². The summed E-state index contributed by atoms with van der Waals surface area (Å²) in [5, 5.41) is 132. The average molecular weight is 1110 g/mol. The Morgan fingerprint density at radius 1 is 0.571 bits per heavy atom. The van der Waals surface area contributed by atoms with E-state index in [1.54, 1.807) is 6.92 Å². The second-order valence-corrected chi connectivity index (χ2v) is 24.7. The highest BCUT2D eigenvalue weighted by molar-refractivity contribution is 5.80. The van der Waals surface area contributed by atoms with Crippen molar-refractivity contribution < 1.29 is 118 Å². The molecule has 0 spiro atoms. The Balaban J connectivity index is 0.944. The number of carbonyl (C=O) groups excluding carboxylic acids is 1. The molecule has 0 amide bonds. The fourth-order valence-corrected chi connectivity index (χ4v) is 15.5. The number of ether oxygens (including phenoxy) is 11. The third-order valence-corrected chi connectivity index (χ3v) is 20.3. The molecule has 0 unspecified atom stereocenters. The van der Waals surface area contributed by atoms with Crippen LogP contribution in [-0.2, 0) is 56.9 Å². The van der Waals surface area contributed by atoms with E-state index in [1.807, 2.05) is 0 Å². The van der Waals surface area contributed by atoms with Gasteiger partial charge in [-0.3, -0.25) is 4.79 Å². The zero-order valence-corrected chi connectivity index (χ0v) is 45.2. The largest absolute Gasteiger partial charge is 0.394 e. The Morgan fingerprint density at radius 2 is 1.13 bits per heavy atom. The van der Waals surface area contributed by atoms with Gasteiger partial charge in [0.15, 0.2) is 31.5 Å². The first-order chi connectivity index (χ1) is 36.3. The lowest BCUT2D eigenvalue weighted by atomic mass is 9.41. The number of carbonyl (C=O) groups is 1. The molecule has 24 nitrogen and oxygen atoms in total. The molecule has 5 heterocycles. The third kappa shape index (κ3) is 10.3. The second kappa shape index (κ2) is 22.9. The van der Waals surface area contributed by atoms with Gasteiger partial charge in [-0.2, -0.15) is 0 Å². The molecule has 0 aromatic rings. The first-order valence-corrected chi connectivity index (χ1v) is 27.5. The molecule has 0 radical (unpaired) electrons. The van der Waals surface area contributed by atoms with Crippen molar-refractivity contribution in [1.82, 2.24) is 0 Å². The summed E-state index contributed by atoms with van der Waals surface area (Å²) in [6, 6.07) is 0. The molecule has 24 heteroatoms. The highest BCUT2D eigenvalue weighted by Gasteiger charge is 2.66. The van der Waals surface area contributed by atoms with Crippen molar-refractivity contribution in [3.8, 4) is 0 Å². The quantitative estimate of drug-likeness (QED) is 0.0638. The van der Waals surface area contributed by atoms with Crippen LogP contribution >= 0.6 is 0 Å². The Kier molecular flexibility index (Phi) is 17.9. The maximum absolute atomic E-state index is 12.9. The minimum Gasteiger partial charge on any atom is -0.394 e. The van der Waals surface area contributed by atoms with Gasteiger partial charge in [-0.25, -0.2) is 0 Å². The van der Waals surface area contributed by atoms with Crippen molar-refractivity contribution in [3.63, 3.8) is 0 Å². The minimum atomic E-state index is -1.98.